The van der Waals surface area contributed by atoms with Gasteiger partial charge in [-0.1, -0.05) is 18.2 Å². The maximum absolute atomic E-state index is 12.3. The Labute approximate surface area is 137 Å². The Morgan fingerprint density at radius 1 is 1.17 bits per heavy atom. The second kappa shape index (κ2) is 6.73. The average molecular weight is 310 g/mol. The molecule has 1 atom stereocenters. The molecule has 4 nitrogen and oxygen atoms in total. The van der Waals surface area contributed by atoms with Crippen LogP contribution in [0, 0.1) is 0 Å². The van der Waals surface area contributed by atoms with E-state index in [1.54, 1.807) is 0 Å². The van der Waals surface area contributed by atoms with E-state index >= 15 is 0 Å². The van der Waals surface area contributed by atoms with E-state index in [1.165, 1.54) is 5.56 Å². The number of carbonyl (C=O) groups excluding carboxylic acids is 1. The standard InChI is InChI=1S/C19H22N2O2/c1-21(2)16-9-7-14(8-10-16)19(22)20-13-15-11-12-23-18-6-4-3-5-17(15)18/h3-10,15H,11-13H2,1-2H3,(H,20,22). The molecular weight excluding hydrogens is 288 g/mol. The first-order chi connectivity index (χ1) is 11.1. The summed E-state index contributed by atoms with van der Waals surface area (Å²) in [4.78, 5) is 14.3. The molecule has 1 aliphatic heterocycles. The van der Waals surface area contributed by atoms with Crippen LogP contribution in [0.15, 0.2) is 48.5 Å². The number of nitrogens with zero attached hydrogens (tertiary/aromatic N) is 1. The molecule has 3 rings (SSSR count). The predicted octanol–water partition coefficient (Wildman–Crippen LogP) is 3.05. The minimum Gasteiger partial charge on any atom is -0.493 e. The summed E-state index contributed by atoms with van der Waals surface area (Å²) in [5.74, 6) is 1.22. The molecule has 1 heterocycles. The third-order valence-corrected chi connectivity index (χ3v) is 4.24. The lowest BCUT2D eigenvalue weighted by Crippen LogP contribution is -2.30. The first kappa shape index (κ1) is 15.4. The summed E-state index contributed by atoms with van der Waals surface area (Å²) in [6.45, 7) is 1.34. The maximum Gasteiger partial charge on any atom is 0.251 e. The Morgan fingerprint density at radius 2 is 1.91 bits per heavy atom. The topological polar surface area (TPSA) is 41.6 Å². The van der Waals surface area contributed by atoms with Crippen molar-refractivity contribution in [2.24, 2.45) is 0 Å². The van der Waals surface area contributed by atoms with Gasteiger partial charge in [-0.25, -0.2) is 0 Å². The number of amides is 1. The SMILES string of the molecule is CN(C)c1ccc(C(=O)NCC2CCOc3ccccc32)cc1. The van der Waals surface area contributed by atoms with E-state index in [1.807, 2.05) is 61.5 Å². The molecule has 0 aromatic heterocycles. The summed E-state index contributed by atoms with van der Waals surface area (Å²) in [6.07, 6.45) is 0.927. The highest BCUT2D eigenvalue weighted by Gasteiger charge is 2.21. The van der Waals surface area contributed by atoms with Crippen LogP contribution >= 0.6 is 0 Å². The predicted molar refractivity (Wildman–Crippen MR) is 92.4 cm³/mol. The number of nitrogens with one attached hydrogen (secondary N) is 1. The van der Waals surface area contributed by atoms with Crippen LogP contribution in [0.1, 0.15) is 28.3 Å². The molecule has 2 aromatic carbocycles. The van der Waals surface area contributed by atoms with Gasteiger partial charge < -0.3 is 15.0 Å². The van der Waals surface area contributed by atoms with Crippen molar-refractivity contribution in [2.45, 2.75) is 12.3 Å². The molecule has 0 radical (unpaired) electrons. The second-order valence-corrected chi connectivity index (χ2v) is 6.02. The molecule has 120 valence electrons. The molecule has 1 unspecified atom stereocenters. The van der Waals surface area contributed by atoms with Crippen LogP contribution in [0.2, 0.25) is 0 Å². The van der Waals surface area contributed by atoms with E-state index in [4.69, 9.17) is 4.74 Å². The van der Waals surface area contributed by atoms with Crippen molar-refractivity contribution in [2.75, 3.05) is 32.1 Å². The van der Waals surface area contributed by atoms with E-state index in [9.17, 15) is 4.79 Å². The molecule has 4 heteroatoms. The van der Waals surface area contributed by atoms with Gasteiger partial charge in [0.1, 0.15) is 5.75 Å². The number of benzene rings is 2. The van der Waals surface area contributed by atoms with Crippen molar-refractivity contribution >= 4 is 11.6 Å². The molecule has 0 fully saturated rings. The molecule has 1 aliphatic rings. The Kier molecular flexibility index (Phi) is 4.51. The van der Waals surface area contributed by atoms with Crippen molar-refractivity contribution in [3.8, 4) is 5.75 Å². The number of ether oxygens (including phenoxy) is 1. The lowest BCUT2D eigenvalue weighted by Gasteiger charge is -2.26. The molecule has 0 saturated carbocycles. The normalized spacial score (nSPS) is 16.2. The van der Waals surface area contributed by atoms with Gasteiger partial charge in [0.2, 0.25) is 0 Å². The van der Waals surface area contributed by atoms with Gasteiger partial charge in [-0.2, -0.15) is 0 Å². The minimum atomic E-state index is -0.0284. The molecular formula is C19H22N2O2. The van der Waals surface area contributed by atoms with Crippen molar-refractivity contribution in [3.63, 3.8) is 0 Å². The molecule has 23 heavy (non-hydrogen) atoms. The first-order valence-electron chi connectivity index (χ1n) is 7.92. The number of para-hydroxylation sites is 1. The van der Waals surface area contributed by atoms with Crippen LogP contribution < -0.4 is 15.0 Å². The Bertz CT molecular complexity index is 680. The summed E-state index contributed by atoms with van der Waals surface area (Å²) in [5, 5.41) is 3.05. The average Bonchev–Trinajstić information content (AvgIpc) is 2.59. The second-order valence-electron chi connectivity index (χ2n) is 6.02. The van der Waals surface area contributed by atoms with Gasteiger partial charge in [0.05, 0.1) is 6.61 Å². The number of anilines is 1. The summed E-state index contributed by atoms with van der Waals surface area (Å²) in [5.41, 5.74) is 2.96. The van der Waals surface area contributed by atoms with E-state index in [-0.39, 0.29) is 5.91 Å². The van der Waals surface area contributed by atoms with Gasteiger partial charge >= 0.3 is 0 Å². The summed E-state index contributed by atoms with van der Waals surface area (Å²) < 4.78 is 5.66. The monoisotopic (exact) mass is 310 g/mol. The zero-order valence-corrected chi connectivity index (χ0v) is 13.6. The van der Waals surface area contributed by atoms with Crippen molar-refractivity contribution in [3.05, 3.63) is 59.7 Å². The number of carbonyl (C=O) groups is 1. The zero-order chi connectivity index (χ0) is 16.2. The largest absolute Gasteiger partial charge is 0.493 e. The van der Waals surface area contributed by atoms with Crippen LogP contribution in [0.5, 0.6) is 5.75 Å². The first-order valence-corrected chi connectivity index (χ1v) is 7.92. The number of rotatable bonds is 4. The molecule has 1 N–H and O–H groups in total. The lowest BCUT2D eigenvalue weighted by molar-refractivity contribution is 0.0948. The Hall–Kier alpha value is -2.49. The van der Waals surface area contributed by atoms with Crippen LogP contribution in [-0.4, -0.2) is 33.2 Å². The highest BCUT2D eigenvalue weighted by Crippen LogP contribution is 2.32. The van der Waals surface area contributed by atoms with Gasteiger partial charge in [-0.15, -0.1) is 0 Å². The third-order valence-electron chi connectivity index (χ3n) is 4.24. The van der Waals surface area contributed by atoms with E-state index < -0.39 is 0 Å². The Morgan fingerprint density at radius 3 is 2.65 bits per heavy atom. The molecule has 0 spiro atoms. The summed E-state index contributed by atoms with van der Waals surface area (Å²) in [6, 6.07) is 15.7. The van der Waals surface area contributed by atoms with Gasteiger partial charge in [0, 0.05) is 37.8 Å². The highest BCUT2D eigenvalue weighted by molar-refractivity contribution is 5.94. The van der Waals surface area contributed by atoms with E-state index in [0.717, 1.165) is 17.9 Å². The molecule has 0 aliphatic carbocycles. The maximum atomic E-state index is 12.3. The van der Waals surface area contributed by atoms with E-state index in [0.29, 0.717) is 24.6 Å². The summed E-state index contributed by atoms with van der Waals surface area (Å²) in [7, 11) is 3.97. The van der Waals surface area contributed by atoms with Crippen molar-refractivity contribution in [1.29, 1.82) is 0 Å². The lowest BCUT2D eigenvalue weighted by atomic mass is 9.93. The van der Waals surface area contributed by atoms with Crippen LogP contribution in [0.4, 0.5) is 5.69 Å². The van der Waals surface area contributed by atoms with Crippen molar-refractivity contribution < 1.29 is 9.53 Å². The number of hydrogen-bond donors (Lipinski definition) is 1. The molecule has 0 saturated heterocycles. The fourth-order valence-corrected chi connectivity index (χ4v) is 2.86. The molecule has 1 amide bonds. The summed E-state index contributed by atoms with van der Waals surface area (Å²) >= 11 is 0. The van der Waals surface area contributed by atoms with Gasteiger partial charge in [-0.3, -0.25) is 4.79 Å². The van der Waals surface area contributed by atoms with Gasteiger partial charge in [0.25, 0.3) is 5.91 Å². The van der Waals surface area contributed by atoms with Gasteiger partial charge in [-0.05, 0) is 42.3 Å². The smallest absolute Gasteiger partial charge is 0.251 e. The number of hydrogen-bond acceptors (Lipinski definition) is 3. The van der Waals surface area contributed by atoms with Gasteiger partial charge in [0.15, 0.2) is 0 Å². The van der Waals surface area contributed by atoms with Crippen LogP contribution in [0.3, 0.4) is 0 Å². The van der Waals surface area contributed by atoms with E-state index in [2.05, 4.69) is 11.4 Å². The van der Waals surface area contributed by atoms with Crippen molar-refractivity contribution in [1.82, 2.24) is 5.32 Å². The highest BCUT2D eigenvalue weighted by atomic mass is 16.5. The number of fused-ring (bicyclic) bond motifs is 1. The zero-order valence-electron chi connectivity index (χ0n) is 13.6. The van der Waals surface area contributed by atoms with Crippen LogP contribution in [-0.2, 0) is 0 Å². The fourth-order valence-electron chi connectivity index (χ4n) is 2.86. The molecule has 0 bridgehead atoms. The fraction of sp³-hybridized carbons (Fsp3) is 0.316. The minimum absolute atomic E-state index is 0.0284. The molecule has 2 aromatic rings. The third kappa shape index (κ3) is 3.47. The van der Waals surface area contributed by atoms with Crippen LogP contribution in [0.25, 0.3) is 0 Å². The quantitative estimate of drug-likeness (QED) is 0.944. The Balaban J connectivity index is 1.63.